The summed E-state index contributed by atoms with van der Waals surface area (Å²) in [4.78, 5) is 28.2. The molecular formula is C13H17N5O3. The van der Waals surface area contributed by atoms with Crippen LogP contribution in [-0.4, -0.2) is 27.0 Å². The van der Waals surface area contributed by atoms with Crippen molar-refractivity contribution in [2.45, 2.75) is 7.43 Å². The number of amides is 1. The van der Waals surface area contributed by atoms with Crippen LogP contribution in [0.1, 0.15) is 28.1 Å². The first kappa shape index (κ1) is 17.8. The van der Waals surface area contributed by atoms with E-state index in [9.17, 15) is 9.59 Å². The summed E-state index contributed by atoms with van der Waals surface area (Å²) in [7, 11) is 0. The van der Waals surface area contributed by atoms with Crippen molar-refractivity contribution in [3.05, 3.63) is 48.0 Å². The molecule has 0 spiro atoms. The van der Waals surface area contributed by atoms with Crippen molar-refractivity contribution in [1.82, 2.24) is 9.97 Å². The van der Waals surface area contributed by atoms with E-state index >= 15 is 0 Å². The minimum absolute atomic E-state index is 0. The van der Waals surface area contributed by atoms with Crippen molar-refractivity contribution in [2.24, 2.45) is 5.73 Å². The normalized spacial score (nSPS) is 8.76. The van der Waals surface area contributed by atoms with Gasteiger partial charge in [-0.25, -0.2) is 4.79 Å². The minimum Gasteiger partial charge on any atom is -0.478 e. The van der Waals surface area contributed by atoms with E-state index in [0.717, 1.165) is 0 Å². The molecular weight excluding hydrogens is 274 g/mol. The highest BCUT2D eigenvalue weighted by Crippen LogP contribution is 2.07. The van der Waals surface area contributed by atoms with Crippen LogP contribution in [0.3, 0.4) is 0 Å². The first-order valence-electron chi connectivity index (χ1n) is 5.35. The van der Waals surface area contributed by atoms with E-state index in [0.29, 0.717) is 11.3 Å². The van der Waals surface area contributed by atoms with Gasteiger partial charge in [-0.1, -0.05) is 7.43 Å². The van der Waals surface area contributed by atoms with Gasteiger partial charge in [-0.3, -0.25) is 14.8 Å². The Hall–Kier alpha value is -3.16. The van der Waals surface area contributed by atoms with Crippen molar-refractivity contribution in [3.63, 3.8) is 0 Å². The number of nitrogen functional groups attached to an aromatic ring is 2. The van der Waals surface area contributed by atoms with Crippen molar-refractivity contribution < 1.29 is 14.7 Å². The topological polar surface area (TPSA) is 158 Å². The van der Waals surface area contributed by atoms with Crippen LogP contribution in [0, 0.1) is 0 Å². The number of hydrogen-bond donors (Lipinski definition) is 4. The van der Waals surface area contributed by atoms with Crippen molar-refractivity contribution in [2.75, 3.05) is 11.5 Å². The fourth-order valence-electron chi connectivity index (χ4n) is 1.23. The standard InChI is InChI=1S/C6H7N3O.C6H6N2O2.CH4/c7-5-3-9-2-1-4(5)6(8)10;7-5-3-8-2-1-4(5)6(9)10;/h1-3H,7H2,(H2,8,10);1-3H,7H2,(H,9,10);1H4. The van der Waals surface area contributed by atoms with E-state index in [1.54, 1.807) is 0 Å². The first-order chi connectivity index (χ1) is 9.43. The second-order valence-corrected chi connectivity index (χ2v) is 3.60. The predicted octanol–water partition coefficient (Wildman–Crippen LogP) is 0.761. The predicted molar refractivity (Wildman–Crippen MR) is 79.5 cm³/mol. The number of rotatable bonds is 2. The van der Waals surface area contributed by atoms with Gasteiger partial charge in [-0.2, -0.15) is 0 Å². The number of carboxylic acid groups (broad SMARTS) is 1. The lowest BCUT2D eigenvalue weighted by Gasteiger charge is -1.96. The Morgan fingerprint density at radius 3 is 1.62 bits per heavy atom. The van der Waals surface area contributed by atoms with Crippen LogP contribution in [-0.2, 0) is 0 Å². The molecule has 0 aliphatic heterocycles. The minimum atomic E-state index is -1.03. The first-order valence-corrected chi connectivity index (χ1v) is 5.35. The summed E-state index contributed by atoms with van der Waals surface area (Å²) in [6.45, 7) is 0. The Bertz CT molecular complexity index is 575. The lowest BCUT2D eigenvalue weighted by Crippen LogP contribution is -2.13. The van der Waals surface area contributed by atoms with Gasteiger partial charge in [0, 0.05) is 12.4 Å². The summed E-state index contributed by atoms with van der Waals surface area (Å²) in [5.41, 5.74) is 16.5. The van der Waals surface area contributed by atoms with E-state index in [4.69, 9.17) is 22.3 Å². The molecule has 0 aliphatic carbocycles. The molecule has 112 valence electrons. The SMILES string of the molecule is C.NC(=O)c1ccncc1N.Nc1cnccc1C(=O)O. The molecule has 0 unspecified atom stereocenters. The summed E-state index contributed by atoms with van der Waals surface area (Å²) >= 11 is 0. The third-order valence-corrected chi connectivity index (χ3v) is 2.20. The number of nitrogens with zero attached hydrogens (tertiary/aromatic N) is 2. The zero-order valence-electron chi connectivity index (χ0n) is 10.4. The highest BCUT2D eigenvalue weighted by molar-refractivity contribution is 5.97. The van der Waals surface area contributed by atoms with Gasteiger partial charge in [-0.15, -0.1) is 0 Å². The molecule has 8 heteroatoms. The van der Waals surface area contributed by atoms with Crippen molar-refractivity contribution in [3.8, 4) is 0 Å². The van der Waals surface area contributed by atoms with Gasteiger partial charge in [0.1, 0.15) is 0 Å². The summed E-state index contributed by atoms with van der Waals surface area (Å²) in [5.74, 6) is -1.56. The number of nitrogens with two attached hydrogens (primary N) is 3. The maximum absolute atomic E-state index is 10.5. The van der Waals surface area contributed by atoms with Crippen molar-refractivity contribution in [1.29, 1.82) is 0 Å². The second kappa shape index (κ2) is 8.10. The Morgan fingerprint density at radius 2 is 1.38 bits per heavy atom. The summed E-state index contributed by atoms with van der Waals surface area (Å²) in [6, 6.07) is 2.84. The van der Waals surface area contributed by atoms with E-state index in [2.05, 4.69) is 9.97 Å². The third kappa shape index (κ3) is 5.15. The Morgan fingerprint density at radius 1 is 0.952 bits per heavy atom. The van der Waals surface area contributed by atoms with E-state index in [1.165, 1.54) is 36.9 Å². The molecule has 2 heterocycles. The van der Waals surface area contributed by atoms with Crippen LogP contribution in [0.4, 0.5) is 11.4 Å². The van der Waals surface area contributed by atoms with E-state index in [1.807, 2.05) is 0 Å². The maximum Gasteiger partial charge on any atom is 0.337 e. The number of primary amides is 1. The zero-order chi connectivity index (χ0) is 15.1. The highest BCUT2D eigenvalue weighted by atomic mass is 16.4. The Kier molecular flexibility index (Phi) is 6.88. The average Bonchev–Trinajstić information content (AvgIpc) is 2.40. The monoisotopic (exact) mass is 291 g/mol. The quantitative estimate of drug-likeness (QED) is 0.635. The zero-order valence-corrected chi connectivity index (χ0v) is 10.4. The molecule has 0 saturated heterocycles. The lowest BCUT2D eigenvalue weighted by molar-refractivity contribution is 0.0697. The van der Waals surface area contributed by atoms with Crippen LogP contribution >= 0.6 is 0 Å². The number of carbonyl (C=O) groups excluding carboxylic acids is 1. The summed E-state index contributed by atoms with van der Waals surface area (Å²) in [6.07, 6.45) is 5.56. The average molecular weight is 291 g/mol. The molecule has 2 rings (SSSR count). The molecule has 2 aromatic heterocycles. The van der Waals surface area contributed by atoms with Gasteiger partial charge in [0.2, 0.25) is 0 Å². The van der Waals surface area contributed by atoms with Crippen LogP contribution in [0.25, 0.3) is 0 Å². The number of carbonyl (C=O) groups is 2. The molecule has 0 atom stereocenters. The number of carboxylic acids is 1. The fourth-order valence-corrected chi connectivity index (χ4v) is 1.23. The number of pyridine rings is 2. The van der Waals surface area contributed by atoms with Gasteiger partial charge in [-0.05, 0) is 12.1 Å². The number of hydrogen-bond acceptors (Lipinski definition) is 6. The van der Waals surface area contributed by atoms with Gasteiger partial charge in [0.25, 0.3) is 5.91 Å². The molecule has 21 heavy (non-hydrogen) atoms. The van der Waals surface area contributed by atoms with Crippen LogP contribution in [0.5, 0.6) is 0 Å². The summed E-state index contributed by atoms with van der Waals surface area (Å²) < 4.78 is 0. The third-order valence-electron chi connectivity index (χ3n) is 2.20. The molecule has 1 amide bonds. The van der Waals surface area contributed by atoms with Crippen LogP contribution in [0.2, 0.25) is 0 Å². The van der Waals surface area contributed by atoms with Crippen molar-refractivity contribution >= 4 is 23.3 Å². The van der Waals surface area contributed by atoms with Gasteiger partial charge in [0.15, 0.2) is 0 Å². The molecule has 0 radical (unpaired) electrons. The Labute approximate surface area is 121 Å². The smallest absolute Gasteiger partial charge is 0.337 e. The molecule has 2 aromatic rings. The van der Waals surface area contributed by atoms with E-state index < -0.39 is 11.9 Å². The number of anilines is 2. The number of aromatic nitrogens is 2. The molecule has 0 bridgehead atoms. The fraction of sp³-hybridized carbons (Fsp3) is 0.0769. The second-order valence-electron chi connectivity index (χ2n) is 3.60. The molecule has 7 N–H and O–H groups in total. The van der Waals surface area contributed by atoms with Gasteiger partial charge < -0.3 is 22.3 Å². The largest absolute Gasteiger partial charge is 0.478 e. The lowest BCUT2D eigenvalue weighted by atomic mass is 10.2. The highest BCUT2D eigenvalue weighted by Gasteiger charge is 2.04. The number of aromatic carboxylic acids is 1. The summed E-state index contributed by atoms with van der Waals surface area (Å²) in [5, 5.41) is 8.46. The van der Waals surface area contributed by atoms with Crippen LogP contribution in [0.15, 0.2) is 36.9 Å². The molecule has 0 saturated carbocycles. The molecule has 8 nitrogen and oxygen atoms in total. The molecule has 0 fully saturated rings. The van der Waals surface area contributed by atoms with Crippen LogP contribution < -0.4 is 17.2 Å². The maximum atomic E-state index is 10.5. The van der Waals surface area contributed by atoms with E-state index in [-0.39, 0.29) is 18.7 Å². The molecule has 0 aromatic carbocycles. The Balaban J connectivity index is 0.000000364. The molecule has 0 aliphatic rings. The van der Waals surface area contributed by atoms with Gasteiger partial charge in [0.05, 0.1) is 34.9 Å². The van der Waals surface area contributed by atoms with Gasteiger partial charge >= 0.3 is 5.97 Å².